The van der Waals surface area contributed by atoms with Gasteiger partial charge in [0.2, 0.25) is 5.88 Å². The first-order valence-electron chi connectivity index (χ1n) is 10.0. The minimum Gasteiger partial charge on any atom is -0.497 e. The van der Waals surface area contributed by atoms with Gasteiger partial charge in [0.25, 0.3) is 0 Å². The molecule has 156 valence electrons. The van der Waals surface area contributed by atoms with E-state index in [1.54, 1.807) is 13.3 Å². The molecule has 0 aliphatic carbocycles. The molecule has 0 spiro atoms. The molecule has 1 unspecified atom stereocenters. The number of ether oxygens (including phenoxy) is 3. The molecule has 3 rings (SSSR count). The van der Waals surface area contributed by atoms with E-state index in [4.69, 9.17) is 19.2 Å². The summed E-state index contributed by atoms with van der Waals surface area (Å²) < 4.78 is 16.5. The third-order valence-electron chi connectivity index (χ3n) is 4.73. The number of methoxy groups -OCH3 is 1. The van der Waals surface area contributed by atoms with Crippen molar-refractivity contribution in [3.8, 4) is 17.4 Å². The molecule has 1 N–H and O–H groups in total. The summed E-state index contributed by atoms with van der Waals surface area (Å²) in [5, 5.41) is 3.36. The van der Waals surface area contributed by atoms with Gasteiger partial charge in [-0.3, -0.25) is 0 Å². The Balaban J connectivity index is 1.59. The van der Waals surface area contributed by atoms with Crippen molar-refractivity contribution in [1.29, 1.82) is 0 Å². The molecule has 0 bridgehead atoms. The first-order valence-corrected chi connectivity index (χ1v) is 10.0. The van der Waals surface area contributed by atoms with Crippen molar-refractivity contribution in [2.75, 3.05) is 40.5 Å². The van der Waals surface area contributed by atoms with E-state index in [2.05, 4.69) is 29.2 Å². The molecule has 2 aromatic rings. The number of aliphatic imine (C=N–C) groups is 1. The number of pyridine rings is 1. The molecule has 29 heavy (non-hydrogen) atoms. The Labute approximate surface area is 172 Å². The van der Waals surface area contributed by atoms with Gasteiger partial charge in [-0.2, -0.15) is 0 Å². The van der Waals surface area contributed by atoms with E-state index < -0.39 is 0 Å². The minimum atomic E-state index is 0.538. The molecule has 7 heteroatoms. The van der Waals surface area contributed by atoms with Crippen LogP contribution in [0.4, 0.5) is 0 Å². The number of hydrogen-bond acceptors (Lipinski definition) is 5. The summed E-state index contributed by atoms with van der Waals surface area (Å²) in [6, 6.07) is 11.3. The molecule has 1 atom stereocenters. The van der Waals surface area contributed by atoms with Crippen molar-refractivity contribution in [3.63, 3.8) is 0 Å². The number of rotatable bonds is 8. The zero-order chi connectivity index (χ0) is 20.5. The van der Waals surface area contributed by atoms with E-state index >= 15 is 0 Å². The SMILES string of the molecule is CCNC(=NCc1ccc(Oc2cccc(OC)c2)nc1)N(C)CC1CCOC1. The van der Waals surface area contributed by atoms with Crippen molar-refractivity contribution < 1.29 is 14.2 Å². The highest BCUT2D eigenvalue weighted by Gasteiger charge is 2.19. The van der Waals surface area contributed by atoms with Gasteiger partial charge >= 0.3 is 0 Å². The van der Waals surface area contributed by atoms with Crippen molar-refractivity contribution in [3.05, 3.63) is 48.2 Å². The first kappa shape index (κ1) is 20.9. The Morgan fingerprint density at radius 3 is 2.86 bits per heavy atom. The maximum absolute atomic E-state index is 5.79. The molecule has 1 aliphatic heterocycles. The smallest absolute Gasteiger partial charge is 0.219 e. The second-order valence-corrected chi connectivity index (χ2v) is 7.07. The molecule has 1 aromatic heterocycles. The maximum atomic E-state index is 5.79. The Morgan fingerprint density at radius 1 is 1.31 bits per heavy atom. The molecule has 0 amide bonds. The van der Waals surface area contributed by atoms with Crippen LogP contribution in [-0.2, 0) is 11.3 Å². The average Bonchev–Trinajstić information content (AvgIpc) is 3.25. The molecule has 7 nitrogen and oxygen atoms in total. The Bertz CT molecular complexity index is 789. The van der Waals surface area contributed by atoms with Crippen LogP contribution in [0.15, 0.2) is 47.6 Å². The summed E-state index contributed by atoms with van der Waals surface area (Å²) in [5.41, 5.74) is 1.02. The van der Waals surface area contributed by atoms with E-state index in [0.717, 1.165) is 50.0 Å². The molecule has 0 saturated carbocycles. The number of benzene rings is 1. The van der Waals surface area contributed by atoms with E-state index in [1.165, 1.54) is 0 Å². The third kappa shape index (κ3) is 6.35. The van der Waals surface area contributed by atoms with Crippen LogP contribution in [-0.4, -0.2) is 56.3 Å². The summed E-state index contributed by atoms with van der Waals surface area (Å²) in [6.45, 7) is 6.10. The third-order valence-corrected chi connectivity index (χ3v) is 4.73. The fourth-order valence-corrected chi connectivity index (χ4v) is 3.19. The molecule has 0 radical (unpaired) electrons. The summed E-state index contributed by atoms with van der Waals surface area (Å²) >= 11 is 0. The van der Waals surface area contributed by atoms with Gasteiger partial charge in [0.1, 0.15) is 11.5 Å². The van der Waals surface area contributed by atoms with Crippen LogP contribution in [0.25, 0.3) is 0 Å². The van der Waals surface area contributed by atoms with E-state index in [1.807, 2.05) is 36.4 Å². The molecule has 1 fully saturated rings. The second-order valence-electron chi connectivity index (χ2n) is 7.07. The van der Waals surface area contributed by atoms with Crippen LogP contribution in [0.3, 0.4) is 0 Å². The second kappa shape index (κ2) is 10.7. The van der Waals surface area contributed by atoms with Crippen LogP contribution in [0.5, 0.6) is 17.4 Å². The van der Waals surface area contributed by atoms with Crippen molar-refractivity contribution in [2.24, 2.45) is 10.9 Å². The van der Waals surface area contributed by atoms with Gasteiger partial charge in [0, 0.05) is 51.0 Å². The fourth-order valence-electron chi connectivity index (χ4n) is 3.19. The van der Waals surface area contributed by atoms with Gasteiger partial charge in [0.15, 0.2) is 5.96 Å². The highest BCUT2D eigenvalue weighted by molar-refractivity contribution is 5.79. The molecule has 2 heterocycles. The van der Waals surface area contributed by atoms with Gasteiger partial charge in [0.05, 0.1) is 20.3 Å². The van der Waals surface area contributed by atoms with Crippen LogP contribution in [0, 0.1) is 5.92 Å². The topological polar surface area (TPSA) is 68.2 Å². The van der Waals surface area contributed by atoms with Crippen LogP contribution >= 0.6 is 0 Å². The average molecular weight is 399 g/mol. The largest absolute Gasteiger partial charge is 0.497 e. The molecular formula is C22H30N4O3. The predicted octanol–water partition coefficient (Wildman–Crippen LogP) is 3.32. The normalized spacial score (nSPS) is 16.5. The highest BCUT2D eigenvalue weighted by Crippen LogP contribution is 2.23. The predicted molar refractivity (Wildman–Crippen MR) is 114 cm³/mol. The number of guanidine groups is 1. The zero-order valence-electron chi connectivity index (χ0n) is 17.4. The van der Waals surface area contributed by atoms with E-state index in [9.17, 15) is 0 Å². The first-order chi connectivity index (χ1) is 14.2. The van der Waals surface area contributed by atoms with Gasteiger partial charge in [-0.05, 0) is 31.0 Å². The fraction of sp³-hybridized carbons (Fsp3) is 0.455. The summed E-state index contributed by atoms with van der Waals surface area (Å²) in [4.78, 5) is 11.3. The van der Waals surface area contributed by atoms with Crippen LogP contribution < -0.4 is 14.8 Å². The van der Waals surface area contributed by atoms with Crippen molar-refractivity contribution in [2.45, 2.75) is 19.9 Å². The van der Waals surface area contributed by atoms with Gasteiger partial charge < -0.3 is 24.4 Å². The Morgan fingerprint density at radius 2 is 2.17 bits per heavy atom. The lowest BCUT2D eigenvalue weighted by molar-refractivity contribution is 0.181. The summed E-state index contributed by atoms with van der Waals surface area (Å²) in [7, 11) is 3.70. The standard InChI is InChI=1S/C22H30N4O3/c1-4-23-22(26(2)15-18-10-11-28-16-18)25-14-17-8-9-21(24-13-17)29-20-7-5-6-19(12-20)27-3/h5-9,12-13,18H,4,10-11,14-16H2,1-3H3,(H,23,25). The van der Waals surface area contributed by atoms with Gasteiger partial charge in [-0.1, -0.05) is 12.1 Å². The van der Waals surface area contributed by atoms with Crippen LogP contribution in [0.2, 0.25) is 0 Å². The maximum Gasteiger partial charge on any atom is 0.219 e. The molecule has 1 aromatic carbocycles. The monoisotopic (exact) mass is 398 g/mol. The lowest BCUT2D eigenvalue weighted by Crippen LogP contribution is -2.41. The molecular weight excluding hydrogens is 368 g/mol. The minimum absolute atomic E-state index is 0.538. The lowest BCUT2D eigenvalue weighted by atomic mass is 10.1. The molecule has 1 aliphatic rings. The van der Waals surface area contributed by atoms with E-state index in [-0.39, 0.29) is 0 Å². The Hall–Kier alpha value is -2.80. The van der Waals surface area contributed by atoms with Crippen LogP contribution in [0.1, 0.15) is 18.9 Å². The van der Waals surface area contributed by atoms with Gasteiger partial charge in [-0.15, -0.1) is 0 Å². The van der Waals surface area contributed by atoms with Crippen molar-refractivity contribution >= 4 is 5.96 Å². The van der Waals surface area contributed by atoms with Gasteiger partial charge in [-0.25, -0.2) is 9.98 Å². The highest BCUT2D eigenvalue weighted by atomic mass is 16.5. The summed E-state index contributed by atoms with van der Waals surface area (Å²) in [6.07, 6.45) is 2.91. The molecule has 1 saturated heterocycles. The van der Waals surface area contributed by atoms with E-state index in [0.29, 0.717) is 24.1 Å². The zero-order valence-corrected chi connectivity index (χ0v) is 17.4. The number of hydrogen-bond donors (Lipinski definition) is 1. The number of nitrogens with one attached hydrogen (secondary N) is 1. The van der Waals surface area contributed by atoms with Crippen molar-refractivity contribution in [1.82, 2.24) is 15.2 Å². The number of nitrogens with zero attached hydrogens (tertiary/aromatic N) is 3. The quantitative estimate of drug-likeness (QED) is 0.544. The number of aromatic nitrogens is 1. The Kier molecular flexibility index (Phi) is 7.69. The lowest BCUT2D eigenvalue weighted by Gasteiger charge is -2.24. The summed E-state index contributed by atoms with van der Waals surface area (Å²) in [5.74, 6) is 3.44.